The lowest BCUT2D eigenvalue weighted by Gasteiger charge is -2.50. The maximum atomic E-state index is 13.2. The monoisotopic (exact) mass is 429 g/mol. The van der Waals surface area contributed by atoms with E-state index in [1.807, 2.05) is 55.5 Å². The van der Waals surface area contributed by atoms with Crippen molar-refractivity contribution in [2.45, 2.75) is 38.0 Å². The summed E-state index contributed by atoms with van der Waals surface area (Å²) >= 11 is 0. The highest BCUT2D eigenvalue weighted by Gasteiger charge is 2.50. The van der Waals surface area contributed by atoms with Crippen molar-refractivity contribution < 1.29 is 24.2 Å². The minimum atomic E-state index is -1.04. The molecule has 0 aliphatic carbocycles. The first kappa shape index (κ1) is 20.1. The molecule has 1 fully saturated rings. The van der Waals surface area contributed by atoms with Gasteiger partial charge in [-0.05, 0) is 36.8 Å². The van der Waals surface area contributed by atoms with E-state index in [1.165, 1.54) is 12.1 Å². The average Bonchev–Trinajstić information content (AvgIpc) is 2.78. The highest BCUT2D eigenvalue weighted by Crippen LogP contribution is 2.52. The molecule has 6 nitrogen and oxygen atoms in total. The van der Waals surface area contributed by atoms with Gasteiger partial charge in [0.2, 0.25) is 5.91 Å². The van der Waals surface area contributed by atoms with Gasteiger partial charge in [-0.1, -0.05) is 48.5 Å². The third-order valence-corrected chi connectivity index (χ3v) is 6.13. The number of amides is 1. The molecule has 1 saturated heterocycles. The van der Waals surface area contributed by atoms with E-state index in [-0.39, 0.29) is 17.4 Å². The van der Waals surface area contributed by atoms with Crippen LogP contribution >= 0.6 is 0 Å². The second-order valence-electron chi connectivity index (χ2n) is 8.42. The number of carboxylic acids is 1. The SMILES string of the molecule is CC12CC(CC(=O)N1c1cccc(C(=O)O)c1)c1cccc(OCc3ccccc3)c1O2. The highest BCUT2D eigenvalue weighted by molar-refractivity contribution is 5.98. The van der Waals surface area contributed by atoms with E-state index in [0.717, 1.165) is 11.1 Å². The van der Waals surface area contributed by atoms with Gasteiger partial charge in [0.15, 0.2) is 17.2 Å². The van der Waals surface area contributed by atoms with Crippen LogP contribution in [0.25, 0.3) is 0 Å². The number of anilines is 1. The molecular formula is C26H23NO5. The van der Waals surface area contributed by atoms with Crippen LogP contribution in [0.1, 0.15) is 47.2 Å². The molecule has 0 radical (unpaired) electrons. The molecule has 32 heavy (non-hydrogen) atoms. The van der Waals surface area contributed by atoms with Crippen LogP contribution in [-0.4, -0.2) is 22.7 Å². The third kappa shape index (κ3) is 3.47. The number of fused-ring (bicyclic) bond motifs is 4. The number of carboxylic acid groups (broad SMARTS) is 1. The number of nitrogens with zero attached hydrogens (tertiary/aromatic N) is 1. The Bertz CT molecular complexity index is 1190. The summed E-state index contributed by atoms with van der Waals surface area (Å²) in [5, 5.41) is 9.38. The van der Waals surface area contributed by atoms with E-state index in [1.54, 1.807) is 17.0 Å². The maximum absolute atomic E-state index is 13.2. The molecule has 2 aliphatic heterocycles. The summed E-state index contributed by atoms with van der Waals surface area (Å²) in [5.74, 6) is 0.166. The first-order valence-electron chi connectivity index (χ1n) is 10.6. The first-order valence-corrected chi connectivity index (χ1v) is 10.6. The van der Waals surface area contributed by atoms with Gasteiger partial charge in [0.05, 0.1) is 5.56 Å². The fourth-order valence-electron chi connectivity index (χ4n) is 4.72. The molecular weight excluding hydrogens is 406 g/mol. The number of benzene rings is 3. The molecule has 0 saturated carbocycles. The number of aromatic carboxylic acids is 1. The molecule has 162 valence electrons. The lowest BCUT2D eigenvalue weighted by atomic mass is 9.80. The second kappa shape index (κ2) is 7.71. The fourth-order valence-corrected chi connectivity index (χ4v) is 4.72. The fraction of sp³-hybridized carbons (Fsp3) is 0.231. The van der Waals surface area contributed by atoms with Crippen molar-refractivity contribution in [3.8, 4) is 11.5 Å². The van der Waals surface area contributed by atoms with Crippen molar-refractivity contribution in [2.75, 3.05) is 4.90 Å². The summed E-state index contributed by atoms with van der Waals surface area (Å²) in [5.41, 5.74) is 1.72. The number of para-hydroxylation sites is 1. The van der Waals surface area contributed by atoms with Crippen molar-refractivity contribution in [2.24, 2.45) is 0 Å². The Labute approximate surface area is 186 Å². The summed E-state index contributed by atoms with van der Waals surface area (Å²) in [6.07, 6.45) is 0.941. The van der Waals surface area contributed by atoms with Crippen molar-refractivity contribution in [3.05, 3.63) is 89.5 Å². The molecule has 2 bridgehead atoms. The molecule has 3 aromatic rings. The predicted molar refractivity (Wildman–Crippen MR) is 119 cm³/mol. The zero-order chi connectivity index (χ0) is 22.3. The van der Waals surface area contributed by atoms with E-state index in [4.69, 9.17) is 9.47 Å². The molecule has 2 unspecified atom stereocenters. The van der Waals surface area contributed by atoms with E-state index in [9.17, 15) is 14.7 Å². The molecule has 2 heterocycles. The summed E-state index contributed by atoms with van der Waals surface area (Å²) in [7, 11) is 0. The number of ether oxygens (including phenoxy) is 2. The lowest BCUT2D eigenvalue weighted by molar-refractivity contribution is -0.127. The Morgan fingerprint density at radius 3 is 2.69 bits per heavy atom. The second-order valence-corrected chi connectivity index (χ2v) is 8.42. The summed E-state index contributed by atoms with van der Waals surface area (Å²) in [4.78, 5) is 26.2. The minimum absolute atomic E-state index is 0.00966. The Balaban J connectivity index is 1.50. The topological polar surface area (TPSA) is 76.1 Å². The van der Waals surface area contributed by atoms with Gasteiger partial charge < -0.3 is 14.6 Å². The van der Waals surface area contributed by atoms with E-state index in [0.29, 0.717) is 36.6 Å². The standard InChI is InChI=1S/C26H23NO5/c1-26-15-19(14-23(28)27(26)20-10-5-9-18(13-20)25(29)30)21-11-6-12-22(24(21)32-26)31-16-17-7-3-2-4-8-17/h2-13,19H,14-16H2,1H3,(H,29,30). The molecule has 6 heteroatoms. The molecule has 2 aliphatic rings. The quantitative estimate of drug-likeness (QED) is 0.619. The number of carbonyl (C=O) groups is 2. The van der Waals surface area contributed by atoms with Crippen LogP contribution in [0.15, 0.2) is 72.8 Å². The zero-order valence-corrected chi connectivity index (χ0v) is 17.7. The van der Waals surface area contributed by atoms with Gasteiger partial charge in [-0.15, -0.1) is 0 Å². The number of hydrogen-bond donors (Lipinski definition) is 1. The Morgan fingerprint density at radius 1 is 1.12 bits per heavy atom. The molecule has 5 rings (SSSR count). The van der Waals surface area contributed by atoms with Gasteiger partial charge in [-0.25, -0.2) is 4.79 Å². The van der Waals surface area contributed by atoms with Crippen LogP contribution in [0, 0.1) is 0 Å². The molecule has 1 amide bonds. The molecule has 3 aromatic carbocycles. The van der Waals surface area contributed by atoms with Crippen molar-refractivity contribution in [3.63, 3.8) is 0 Å². The highest BCUT2D eigenvalue weighted by atomic mass is 16.5. The van der Waals surface area contributed by atoms with Crippen LogP contribution in [-0.2, 0) is 11.4 Å². The van der Waals surface area contributed by atoms with Crippen LogP contribution in [0.5, 0.6) is 11.5 Å². The molecule has 0 spiro atoms. The van der Waals surface area contributed by atoms with Crippen molar-refractivity contribution in [1.82, 2.24) is 0 Å². The number of rotatable bonds is 5. The van der Waals surface area contributed by atoms with Crippen LogP contribution < -0.4 is 14.4 Å². The minimum Gasteiger partial charge on any atom is -0.485 e. The summed E-state index contributed by atoms with van der Waals surface area (Å²) in [6, 6.07) is 22.1. The largest absolute Gasteiger partial charge is 0.485 e. The van der Waals surface area contributed by atoms with Crippen LogP contribution in [0.4, 0.5) is 5.69 Å². The van der Waals surface area contributed by atoms with Crippen LogP contribution in [0.2, 0.25) is 0 Å². The molecule has 0 aromatic heterocycles. The first-order chi connectivity index (χ1) is 15.4. The average molecular weight is 429 g/mol. The van der Waals surface area contributed by atoms with Crippen molar-refractivity contribution >= 4 is 17.6 Å². The van der Waals surface area contributed by atoms with Crippen molar-refractivity contribution in [1.29, 1.82) is 0 Å². The molecule has 1 N–H and O–H groups in total. The number of carbonyl (C=O) groups excluding carboxylic acids is 1. The zero-order valence-electron chi connectivity index (χ0n) is 17.7. The molecule has 2 atom stereocenters. The predicted octanol–water partition coefficient (Wildman–Crippen LogP) is 4.98. The smallest absolute Gasteiger partial charge is 0.335 e. The van der Waals surface area contributed by atoms with Gasteiger partial charge in [-0.2, -0.15) is 0 Å². The van der Waals surface area contributed by atoms with Gasteiger partial charge in [0.25, 0.3) is 0 Å². The number of piperidine rings is 1. The van der Waals surface area contributed by atoms with Gasteiger partial charge in [-0.3, -0.25) is 9.69 Å². The Kier molecular flexibility index (Phi) is 4.85. The van der Waals surface area contributed by atoms with Gasteiger partial charge in [0, 0.05) is 30.0 Å². The summed E-state index contributed by atoms with van der Waals surface area (Å²) < 4.78 is 12.6. The number of hydrogen-bond acceptors (Lipinski definition) is 4. The van der Waals surface area contributed by atoms with E-state index < -0.39 is 11.7 Å². The summed E-state index contributed by atoms with van der Waals surface area (Å²) in [6.45, 7) is 2.28. The maximum Gasteiger partial charge on any atom is 0.335 e. The normalized spacial score (nSPS) is 21.5. The third-order valence-electron chi connectivity index (χ3n) is 6.13. The Morgan fingerprint density at radius 2 is 1.91 bits per heavy atom. The van der Waals surface area contributed by atoms with E-state index >= 15 is 0 Å². The Hall–Kier alpha value is -3.80. The van der Waals surface area contributed by atoms with Gasteiger partial charge >= 0.3 is 5.97 Å². The van der Waals surface area contributed by atoms with Gasteiger partial charge in [0.1, 0.15) is 6.61 Å². The lowest BCUT2D eigenvalue weighted by Crippen LogP contribution is -2.60. The van der Waals surface area contributed by atoms with E-state index in [2.05, 4.69) is 0 Å². The van der Waals surface area contributed by atoms with Crippen LogP contribution in [0.3, 0.4) is 0 Å².